The van der Waals surface area contributed by atoms with Gasteiger partial charge in [-0.2, -0.15) is 0 Å². The molecule has 0 amide bonds. The number of alkyl halides is 1. The number of carbonyl (C=O) groups is 1. The van der Waals surface area contributed by atoms with Crippen LogP contribution in [-0.2, 0) is 0 Å². The van der Waals surface area contributed by atoms with Crippen LogP contribution in [0.15, 0.2) is 24.3 Å². The molecule has 92 valence electrons. The molecule has 3 heteroatoms. The summed E-state index contributed by atoms with van der Waals surface area (Å²) in [6, 6.07) is 6.80. The van der Waals surface area contributed by atoms with Gasteiger partial charge in [-0.15, -0.1) is 0 Å². The molecule has 1 aromatic rings. The van der Waals surface area contributed by atoms with Gasteiger partial charge in [0.2, 0.25) is 0 Å². The molecule has 0 aliphatic heterocycles. The van der Waals surface area contributed by atoms with E-state index in [0.717, 1.165) is 25.7 Å². The summed E-state index contributed by atoms with van der Waals surface area (Å²) in [5, 5.41) is 9.13. The Morgan fingerprint density at radius 3 is 2.59 bits per heavy atom. The van der Waals surface area contributed by atoms with E-state index in [0.29, 0.717) is 11.5 Å². The summed E-state index contributed by atoms with van der Waals surface area (Å²) in [4.78, 5) is 11.1. The number of aromatic carboxylic acids is 1. The van der Waals surface area contributed by atoms with Crippen LogP contribution in [-0.4, -0.2) is 17.8 Å². The lowest BCUT2D eigenvalue weighted by Crippen LogP contribution is -2.15. The first-order chi connectivity index (χ1) is 8.24. The van der Waals surface area contributed by atoms with Gasteiger partial charge >= 0.3 is 5.97 Å². The third-order valence-corrected chi connectivity index (χ3v) is 3.73. The molecule has 1 atom stereocenters. The lowest BCUT2D eigenvalue weighted by atomic mass is 9.83. The zero-order chi connectivity index (χ0) is 12.3. The standard InChI is InChI=1S/C14H17FO2/c15-9-13(10-5-1-2-6-10)11-7-3-4-8-12(11)14(16)17/h3-4,7-8,10,13H,1-2,5-6,9H2,(H,16,17). The first kappa shape index (κ1) is 12.1. The summed E-state index contributed by atoms with van der Waals surface area (Å²) in [7, 11) is 0. The zero-order valence-corrected chi connectivity index (χ0v) is 9.73. The minimum atomic E-state index is -0.961. The molecule has 0 bridgehead atoms. The van der Waals surface area contributed by atoms with Crippen LogP contribution < -0.4 is 0 Å². The van der Waals surface area contributed by atoms with Gasteiger partial charge in [0.1, 0.15) is 0 Å². The second-order valence-electron chi connectivity index (χ2n) is 4.70. The highest BCUT2D eigenvalue weighted by Crippen LogP contribution is 2.38. The predicted molar refractivity (Wildman–Crippen MR) is 64.1 cm³/mol. The van der Waals surface area contributed by atoms with Crippen molar-refractivity contribution in [1.82, 2.24) is 0 Å². The Morgan fingerprint density at radius 2 is 2.00 bits per heavy atom. The van der Waals surface area contributed by atoms with E-state index < -0.39 is 12.6 Å². The topological polar surface area (TPSA) is 37.3 Å². The van der Waals surface area contributed by atoms with E-state index in [4.69, 9.17) is 5.11 Å². The molecule has 1 unspecified atom stereocenters. The van der Waals surface area contributed by atoms with Crippen molar-refractivity contribution in [2.24, 2.45) is 5.92 Å². The molecule has 1 aliphatic rings. The van der Waals surface area contributed by atoms with E-state index in [2.05, 4.69) is 0 Å². The van der Waals surface area contributed by atoms with Crippen LogP contribution >= 0.6 is 0 Å². The summed E-state index contributed by atoms with van der Waals surface area (Å²) < 4.78 is 13.2. The Balaban J connectivity index is 2.32. The summed E-state index contributed by atoms with van der Waals surface area (Å²) >= 11 is 0. The van der Waals surface area contributed by atoms with Crippen LogP contribution in [0.1, 0.15) is 47.5 Å². The van der Waals surface area contributed by atoms with Crippen molar-refractivity contribution in [3.63, 3.8) is 0 Å². The molecule has 1 N–H and O–H groups in total. The van der Waals surface area contributed by atoms with E-state index in [1.54, 1.807) is 24.3 Å². The molecule has 2 rings (SSSR count). The van der Waals surface area contributed by atoms with Crippen LogP contribution in [0.5, 0.6) is 0 Å². The van der Waals surface area contributed by atoms with E-state index in [1.165, 1.54) is 0 Å². The number of carboxylic acid groups (broad SMARTS) is 1. The average Bonchev–Trinajstić information content (AvgIpc) is 2.84. The Morgan fingerprint density at radius 1 is 1.35 bits per heavy atom. The molecule has 1 aliphatic carbocycles. The Kier molecular flexibility index (Phi) is 3.77. The van der Waals surface area contributed by atoms with E-state index in [9.17, 15) is 9.18 Å². The number of halogens is 1. The third-order valence-electron chi connectivity index (χ3n) is 3.73. The number of benzene rings is 1. The molecule has 0 spiro atoms. The molecule has 17 heavy (non-hydrogen) atoms. The fourth-order valence-corrected chi connectivity index (χ4v) is 2.84. The highest BCUT2D eigenvalue weighted by Gasteiger charge is 2.28. The van der Waals surface area contributed by atoms with Gasteiger partial charge in [-0.3, -0.25) is 4.39 Å². The second-order valence-corrected chi connectivity index (χ2v) is 4.70. The SMILES string of the molecule is O=C(O)c1ccccc1C(CF)C1CCCC1. The molecule has 0 aromatic heterocycles. The molecule has 2 nitrogen and oxygen atoms in total. The van der Waals surface area contributed by atoms with Crippen molar-refractivity contribution in [2.45, 2.75) is 31.6 Å². The van der Waals surface area contributed by atoms with Gasteiger partial charge in [0.25, 0.3) is 0 Å². The lowest BCUT2D eigenvalue weighted by molar-refractivity contribution is 0.0694. The lowest BCUT2D eigenvalue weighted by Gasteiger charge is -2.22. The number of carboxylic acids is 1. The predicted octanol–water partition coefficient (Wildman–Crippen LogP) is 3.63. The first-order valence-corrected chi connectivity index (χ1v) is 6.12. The average molecular weight is 236 g/mol. The third kappa shape index (κ3) is 2.48. The van der Waals surface area contributed by atoms with Crippen molar-refractivity contribution in [1.29, 1.82) is 0 Å². The fraction of sp³-hybridized carbons (Fsp3) is 0.500. The quantitative estimate of drug-likeness (QED) is 0.866. The maximum atomic E-state index is 13.2. The van der Waals surface area contributed by atoms with Gasteiger partial charge < -0.3 is 5.11 Å². The van der Waals surface area contributed by atoms with Crippen LogP contribution in [0.4, 0.5) is 4.39 Å². The van der Waals surface area contributed by atoms with Crippen LogP contribution in [0.2, 0.25) is 0 Å². The molecule has 1 aromatic carbocycles. The zero-order valence-electron chi connectivity index (χ0n) is 9.73. The molecule has 1 fully saturated rings. The molecule has 0 radical (unpaired) electrons. The van der Waals surface area contributed by atoms with E-state index in [-0.39, 0.29) is 11.5 Å². The van der Waals surface area contributed by atoms with E-state index >= 15 is 0 Å². The first-order valence-electron chi connectivity index (χ1n) is 6.12. The molecule has 1 saturated carbocycles. The highest BCUT2D eigenvalue weighted by molar-refractivity contribution is 5.89. The van der Waals surface area contributed by atoms with E-state index in [1.807, 2.05) is 0 Å². The molecule has 0 saturated heterocycles. The van der Waals surface area contributed by atoms with Crippen LogP contribution in [0, 0.1) is 5.92 Å². The largest absolute Gasteiger partial charge is 0.478 e. The monoisotopic (exact) mass is 236 g/mol. The summed E-state index contributed by atoms with van der Waals surface area (Å²) in [6.45, 7) is -0.463. The Hall–Kier alpha value is -1.38. The maximum absolute atomic E-state index is 13.2. The highest BCUT2D eigenvalue weighted by atomic mass is 19.1. The van der Waals surface area contributed by atoms with Crippen molar-refractivity contribution in [3.05, 3.63) is 35.4 Å². The second kappa shape index (κ2) is 5.30. The minimum absolute atomic E-state index is 0.246. The van der Waals surface area contributed by atoms with Crippen LogP contribution in [0.25, 0.3) is 0 Å². The van der Waals surface area contributed by atoms with Gasteiger partial charge in [-0.25, -0.2) is 4.79 Å². The van der Waals surface area contributed by atoms with Gasteiger partial charge in [0.05, 0.1) is 12.2 Å². The van der Waals surface area contributed by atoms with Crippen molar-refractivity contribution >= 4 is 5.97 Å². The van der Waals surface area contributed by atoms with Crippen molar-refractivity contribution in [3.8, 4) is 0 Å². The number of hydrogen-bond donors (Lipinski definition) is 1. The number of hydrogen-bond acceptors (Lipinski definition) is 1. The molecular formula is C14H17FO2. The van der Waals surface area contributed by atoms with Crippen LogP contribution in [0.3, 0.4) is 0 Å². The Bertz CT molecular complexity index is 397. The molecule has 0 heterocycles. The van der Waals surface area contributed by atoms with Crippen molar-refractivity contribution in [2.75, 3.05) is 6.67 Å². The van der Waals surface area contributed by atoms with Gasteiger partial charge in [-0.05, 0) is 30.4 Å². The van der Waals surface area contributed by atoms with Gasteiger partial charge in [0, 0.05) is 5.92 Å². The minimum Gasteiger partial charge on any atom is -0.478 e. The Labute approximate surface area is 100 Å². The summed E-state index contributed by atoms with van der Waals surface area (Å²) in [5.41, 5.74) is 0.913. The molecular weight excluding hydrogens is 219 g/mol. The summed E-state index contributed by atoms with van der Waals surface area (Å²) in [5.74, 6) is -0.901. The summed E-state index contributed by atoms with van der Waals surface area (Å²) in [6.07, 6.45) is 4.30. The smallest absolute Gasteiger partial charge is 0.335 e. The fourth-order valence-electron chi connectivity index (χ4n) is 2.84. The van der Waals surface area contributed by atoms with Gasteiger partial charge in [-0.1, -0.05) is 31.0 Å². The van der Waals surface area contributed by atoms with Gasteiger partial charge in [0.15, 0.2) is 0 Å². The number of rotatable bonds is 4. The normalized spacial score (nSPS) is 18.2. The van der Waals surface area contributed by atoms with Crippen molar-refractivity contribution < 1.29 is 14.3 Å². The maximum Gasteiger partial charge on any atom is 0.335 e.